The molecule has 0 amide bonds. The van der Waals surface area contributed by atoms with Crippen LogP contribution in [0.1, 0.15) is 43.4 Å². The second-order valence-electron chi connectivity index (χ2n) is 7.88. The molecule has 0 unspecified atom stereocenters. The third-order valence-electron chi connectivity index (χ3n) is 5.08. The van der Waals surface area contributed by atoms with Crippen molar-refractivity contribution in [2.45, 2.75) is 39.2 Å². The molecule has 2 aromatic carbocycles. The Labute approximate surface area is 195 Å². The van der Waals surface area contributed by atoms with Crippen molar-refractivity contribution in [3.63, 3.8) is 0 Å². The van der Waals surface area contributed by atoms with E-state index in [9.17, 15) is 14.9 Å². The minimum absolute atomic E-state index is 0.0666. The quantitative estimate of drug-likeness (QED) is 0.487. The van der Waals surface area contributed by atoms with Crippen LogP contribution < -0.4 is 4.74 Å². The zero-order chi connectivity index (χ0) is 24.2. The van der Waals surface area contributed by atoms with Crippen LogP contribution in [0.15, 0.2) is 47.0 Å². The van der Waals surface area contributed by atoms with Gasteiger partial charge in [-0.1, -0.05) is 23.4 Å². The van der Waals surface area contributed by atoms with Gasteiger partial charge in [-0.15, -0.1) is 0 Å². The zero-order valence-corrected chi connectivity index (χ0v) is 18.6. The highest BCUT2D eigenvalue weighted by molar-refractivity contribution is 5.85. The minimum atomic E-state index is -1.06. The molecule has 0 saturated heterocycles. The summed E-state index contributed by atoms with van der Waals surface area (Å²) < 4.78 is 16.5. The molecule has 3 aromatic rings. The Morgan fingerprint density at radius 3 is 2.74 bits per heavy atom. The van der Waals surface area contributed by atoms with Crippen LogP contribution in [0.2, 0.25) is 0 Å². The number of hydrogen-bond donors (Lipinski definition) is 1. The van der Waals surface area contributed by atoms with E-state index >= 15 is 0 Å². The molecule has 0 fully saturated rings. The molecular weight excluding hydrogens is 438 g/mol. The number of carboxylic acid groups (broad SMARTS) is 1. The lowest BCUT2D eigenvalue weighted by molar-refractivity contribution is -0.143. The van der Waals surface area contributed by atoms with Crippen molar-refractivity contribution in [1.82, 2.24) is 10.1 Å². The Hall–Kier alpha value is -4.45. The van der Waals surface area contributed by atoms with Crippen molar-refractivity contribution in [2.24, 2.45) is 0 Å². The molecule has 4 rings (SSSR count). The molecule has 1 heterocycles. The van der Waals surface area contributed by atoms with Gasteiger partial charge in [0.15, 0.2) is 0 Å². The fourth-order valence-corrected chi connectivity index (χ4v) is 3.59. The number of aliphatic carboxylic acids is 1. The molecular formula is C25H21N3O6. The predicted molar refractivity (Wildman–Crippen MR) is 120 cm³/mol. The Morgan fingerprint density at radius 2 is 2.00 bits per heavy atom. The molecule has 0 radical (unpaired) electrons. The van der Waals surface area contributed by atoms with Gasteiger partial charge in [-0.2, -0.15) is 10.2 Å². The normalized spacial score (nSPS) is 12.1. The van der Waals surface area contributed by atoms with Crippen molar-refractivity contribution in [3.8, 4) is 34.7 Å². The van der Waals surface area contributed by atoms with Crippen LogP contribution in [0.25, 0.3) is 28.6 Å². The fourth-order valence-electron chi connectivity index (χ4n) is 3.59. The highest BCUT2D eigenvalue weighted by Gasteiger charge is 2.24. The molecule has 1 aromatic heterocycles. The fraction of sp³-hybridized carbons (Fsp3) is 0.240. The van der Waals surface area contributed by atoms with Gasteiger partial charge < -0.3 is 19.1 Å². The van der Waals surface area contributed by atoms with Crippen LogP contribution in [-0.2, 0) is 20.7 Å². The summed E-state index contributed by atoms with van der Waals surface area (Å²) in [5, 5.41) is 22.3. The van der Waals surface area contributed by atoms with E-state index in [-0.39, 0.29) is 24.8 Å². The Balaban J connectivity index is 1.57. The van der Waals surface area contributed by atoms with E-state index in [1.54, 1.807) is 30.3 Å². The third kappa shape index (κ3) is 4.81. The number of aromatic nitrogens is 2. The summed E-state index contributed by atoms with van der Waals surface area (Å²) in [4.78, 5) is 27.1. The van der Waals surface area contributed by atoms with E-state index in [1.807, 2.05) is 26.0 Å². The molecule has 9 heteroatoms. The van der Waals surface area contributed by atoms with Crippen LogP contribution in [-0.4, -0.2) is 33.3 Å². The van der Waals surface area contributed by atoms with E-state index in [0.717, 1.165) is 16.7 Å². The molecule has 9 nitrogen and oxygen atoms in total. The number of carbonyl (C=O) groups excluding carboxylic acids is 1. The van der Waals surface area contributed by atoms with Gasteiger partial charge in [-0.3, -0.25) is 9.59 Å². The van der Waals surface area contributed by atoms with Gasteiger partial charge in [0.2, 0.25) is 5.82 Å². The summed E-state index contributed by atoms with van der Waals surface area (Å²) in [6.07, 6.45) is 1.70. The molecule has 0 atom stereocenters. The maximum atomic E-state index is 12.0. The number of rotatable bonds is 8. The molecule has 0 bridgehead atoms. The molecule has 1 aliphatic carbocycles. The first kappa shape index (κ1) is 22.7. The van der Waals surface area contributed by atoms with Crippen LogP contribution in [0.4, 0.5) is 0 Å². The van der Waals surface area contributed by atoms with Crippen molar-refractivity contribution in [3.05, 3.63) is 59.2 Å². The van der Waals surface area contributed by atoms with Gasteiger partial charge in [0, 0.05) is 16.7 Å². The first-order chi connectivity index (χ1) is 16.4. The average molecular weight is 459 g/mol. The van der Waals surface area contributed by atoms with Crippen LogP contribution >= 0.6 is 0 Å². The Bertz CT molecular complexity index is 1330. The summed E-state index contributed by atoms with van der Waals surface area (Å²) in [5.74, 6) is -0.177. The maximum absolute atomic E-state index is 12.0. The monoisotopic (exact) mass is 459 g/mol. The van der Waals surface area contributed by atoms with Crippen LogP contribution in [0.5, 0.6) is 5.75 Å². The van der Waals surface area contributed by atoms with Crippen molar-refractivity contribution >= 4 is 17.7 Å². The topological polar surface area (TPSA) is 136 Å². The highest BCUT2D eigenvalue weighted by atomic mass is 16.5. The Morgan fingerprint density at radius 1 is 1.21 bits per heavy atom. The maximum Gasteiger partial charge on any atom is 0.311 e. The number of hydrogen-bond acceptors (Lipinski definition) is 8. The van der Waals surface area contributed by atoms with E-state index in [2.05, 4.69) is 16.2 Å². The van der Waals surface area contributed by atoms with Gasteiger partial charge in [0.1, 0.15) is 17.6 Å². The summed E-state index contributed by atoms with van der Waals surface area (Å²) >= 11 is 0. The number of fused-ring (bicyclic) bond motifs is 1. The summed E-state index contributed by atoms with van der Waals surface area (Å²) in [6.45, 7) is 3.77. The number of nitriles is 1. The summed E-state index contributed by atoms with van der Waals surface area (Å²) in [6, 6.07) is 12.7. The molecule has 0 saturated carbocycles. The lowest BCUT2D eigenvalue weighted by Crippen LogP contribution is -2.06. The van der Waals surface area contributed by atoms with Gasteiger partial charge in [0.25, 0.3) is 5.89 Å². The minimum Gasteiger partial charge on any atom is -0.490 e. The zero-order valence-electron chi connectivity index (χ0n) is 18.6. The smallest absolute Gasteiger partial charge is 0.311 e. The van der Waals surface area contributed by atoms with Gasteiger partial charge in [-0.25, -0.2) is 0 Å². The number of esters is 1. The van der Waals surface area contributed by atoms with E-state index < -0.39 is 11.9 Å². The highest BCUT2D eigenvalue weighted by Crippen LogP contribution is 2.36. The summed E-state index contributed by atoms with van der Waals surface area (Å²) in [5.41, 5.74) is 3.26. The third-order valence-corrected chi connectivity index (χ3v) is 5.08. The number of allylic oxidation sites excluding steroid dienone is 1. The molecule has 172 valence electrons. The second-order valence-corrected chi connectivity index (χ2v) is 7.88. The number of ether oxygens (including phenoxy) is 2. The number of benzene rings is 2. The first-order valence-corrected chi connectivity index (χ1v) is 10.7. The lowest BCUT2D eigenvalue weighted by atomic mass is 10.0. The van der Waals surface area contributed by atoms with Gasteiger partial charge >= 0.3 is 11.9 Å². The van der Waals surface area contributed by atoms with E-state index in [1.165, 1.54) is 0 Å². The summed E-state index contributed by atoms with van der Waals surface area (Å²) in [7, 11) is 0. The second kappa shape index (κ2) is 9.58. The molecule has 1 N–H and O–H groups in total. The molecule has 0 aliphatic heterocycles. The standard InChI is InChI=1S/C25H21N3O6/c1-14(2)32-20-8-6-15(12-16(20)13-26)25-27-24(28-34-25)19-5-3-4-18-17(19)7-9-21(18)33-23(31)11-10-22(29)30/h3-6,8-9,12,14H,7,10-11H2,1-2H3,(H,29,30). The lowest BCUT2D eigenvalue weighted by Gasteiger charge is -2.11. The largest absolute Gasteiger partial charge is 0.490 e. The van der Waals surface area contributed by atoms with Crippen molar-refractivity contribution in [1.29, 1.82) is 5.26 Å². The number of carbonyl (C=O) groups is 2. The van der Waals surface area contributed by atoms with Crippen molar-refractivity contribution in [2.75, 3.05) is 0 Å². The first-order valence-electron chi connectivity index (χ1n) is 10.7. The van der Waals surface area contributed by atoms with Gasteiger partial charge in [0.05, 0.1) is 24.5 Å². The SMILES string of the molecule is CC(C)Oc1ccc(-c2nc(-c3cccc4c3CC=C4OC(=O)CCC(=O)O)no2)cc1C#N. The van der Waals surface area contributed by atoms with Crippen molar-refractivity contribution < 1.29 is 28.7 Å². The van der Waals surface area contributed by atoms with Gasteiger partial charge in [-0.05, 0) is 50.1 Å². The molecule has 1 aliphatic rings. The van der Waals surface area contributed by atoms with Crippen LogP contribution in [0, 0.1) is 11.3 Å². The average Bonchev–Trinajstić information content (AvgIpc) is 3.45. The predicted octanol–water partition coefficient (Wildman–Crippen LogP) is 4.37. The number of nitrogens with zero attached hydrogens (tertiary/aromatic N) is 3. The molecule has 0 spiro atoms. The number of carboxylic acids is 1. The molecule has 34 heavy (non-hydrogen) atoms. The van der Waals surface area contributed by atoms with E-state index in [0.29, 0.717) is 34.9 Å². The van der Waals surface area contributed by atoms with E-state index in [4.69, 9.17) is 19.1 Å². The van der Waals surface area contributed by atoms with Crippen LogP contribution in [0.3, 0.4) is 0 Å². The Kier molecular flexibility index (Phi) is 6.41.